The number of nitrogens with zero attached hydrogens (tertiary/aromatic N) is 2. The van der Waals surface area contributed by atoms with Crippen LogP contribution in [0.1, 0.15) is 24.1 Å². The third-order valence-electron chi connectivity index (χ3n) is 3.45. The molecule has 2 aromatic rings. The van der Waals surface area contributed by atoms with Crippen LogP contribution in [-0.4, -0.2) is 32.7 Å². The lowest BCUT2D eigenvalue weighted by Crippen LogP contribution is -2.22. The second kappa shape index (κ2) is 7.09. The molecule has 1 aromatic heterocycles. The van der Waals surface area contributed by atoms with E-state index in [9.17, 15) is 0 Å². The second-order valence-corrected chi connectivity index (χ2v) is 5.13. The molecule has 2 rings (SSSR count). The first-order valence-electron chi connectivity index (χ1n) is 7.15. The Balaban J connectivity index is 2.33. The van der Waals surface area contributed by atoms with Crippen LogP contribution >= 0.6 is 0 Å². The van der Waals surface area contributed by atoms with Gasteiger partial charge in [-0.25, -0.2) is 0 Å². The second-order valence-electron chi connectivity index (χ2n) is 5.13. The Bertz CT molecular complexity index is 567. The van der Waals surface area contributed by atoms with Crippen molar-refractivity contribution in [3.8, 4) is 5.75 Å². The van der Waals surface area contributed by atoms with E-state index < -0.39 is 0 Å². The molecule has 1 heterocycles. The minimum absolute atomic E-state index is 0.119. The normalized spacial score (nSPS) is 12.0. The van der Waals surface area contributed by atoms with Crippen molar-refractivity contribution in [3.05, 3.63) is 53.9 Å². The summed E-state index contributed by atoms with van der Waals surface area (Å²) in [6.45, 7) is 2.99. The lowest BCUT2D eigenvalue weighted by Gasteiger charge is -2.20. The fourth-order valence-electron chi connectivity index (χ4n) is 2.30. The molecule has 0 saturated heterocycles. The van der Waals surface area contributed by atoms with Crippen molar-refractivity contribution in [3.63, 3.8) is 0 Å². The largest absolute Gasteiger partial charge is 0.495 e. The summed E-state index contributed by atoms with van der Waals surface area (Å²) >= 11 is 0. The molecule has 0 aliphatic heterocycles. The maximum Gasteiger partial charge on any atom is 0.137 e. The molecule has 21 heavy (non-hydrogen) atoms. The van der Waals surface area contributed by atoms with Crippen LogP contribution in [0.25, 0.3) is 0 Å². The zero-order valence-corrected chi connectivity index (χ0v) is 13.1. The van der Waals surface area contributed by atoms with Crippen molar-refractivity contribution in [1.82, 2.24) is 10.3 Å². The van der Waals surface area contributed by atoms with Crippen molar-refractivity contribution >= 4 is 5.69 Å². The number of benzene rings is 1. The summed E-state index contributed by atoms with van der Waals surface area (Å²) in [5.41, 5.74) is 3.52. The van der Waals surface area contributed by atoms with Crippen LogP contribution in [0.5, 0.6) is 5.75 Å². The number of aromatic nitrogens is 1. The van der Waals surface area contributed by atoms with Gasteiger partial charge in [-0.15, -0.1) is 0 Å². The molecule has 0 amide bonds. The van der Waals surface area contributed by atoms with Crippen molar-refractivity contribution in [2.75, 3.05) is 32.6 Å². The Hall–Kier alpha value is -2.07. The Morgan fingerprint density at radius 2 is 1.86 bits per heavy atom. The van der Waals surface area contributed by atoms with E-state index in [4.69, 9.17) is 4.74 Å². The number of ether oxygens (including phenoxy) is 1. The van der Waals surface area contributed by atoms with E-state index in [-0.39, 0.29) is 6.04 Å². The molecular weight excluding hydrogens is 262 g/mol. The number of rotatable bonds is 6. The van der Waals surface area contributed by atoms with Gasteiger partial charge in [-0.2, -0.15) is 0 Å². The predicted octanol–water partition coefficient (Wildman–Crippen LogP) is 2.86. The molecule has 1 N–H and O–H groups in total. The van der Waals surface area contributed by atoms with Gasteiger partial charge in [0.25, 0.3) is 0 Å². The number of anilines is 1. The predicted molar refractivity (Wildman–Crippen MR) is 87.1 cm³/mol. The Morgan fingerprint density at radius 3 is 2.43 bits per heavy atom. The average Bonchev–Trinajstić information content (AvgIpc) is 2.52. The number of pyridine rings is 1. The van der Waals surface area contributed by atoms with Gasteiger partial charge in [0.05, 0.1) is 19.3 Å². The fourth-order valence-corrected chi connectivity index (χ4v) is 2.30. The first-order chi connectivity index (χ1) is 10.2. The lowest BCUT2D eigenvalue weighted by molar-refractivity contribution is 0.411. The van der Waals surface area contributed by atoms with Crippen LogP contribution in [0.4, 0.5) is 5.69 Å². The average molecular weight is 285 g/mol. The smallest absolute Gasteiger partial charge is 0.137 e. The molecule has 112 valence electrons. The monoisotopic (exact) mass is 285 g/mol. The van der Waals surface area contributed by atoms with E-state index in [1.165, 1.54) is 11.3 Å². The molecule has 0 spiro atoms. The van der Waals surface area contributed by atoms with E-state index >= 15 is 0 Å². The van der Waals surface area contributed by atoms with Crippen molar-refractivity contribution in [1.29, 1.82) is 0 Å². The topological polar surface area (TPSA) is 37.4 Å². The SMILES string of the molecule is CCNC(c1ccc(N(C)C)cc1)c1cncc(OC)c1. The van der Waals surface area contributed by atoms with Gasteiger partial charge in [-0.05, 0) is 35.9 Å². The molecular formula is C17H23N3O. The van der Waals surface area contributed by atoms with Gasteiger partial charge < -0.3 is 15.0 Å². The maximum absolute atomic E-state index is 5.27. The Morgan fingerprint density at radius 1 is 1.14 bits per heavy atom. The summed E-state index contributed by atoms with van der Waals surface area (Å²) in [6, 6.07) is 10.7. The molecule has 4 heteroatoms. The van der Waals surface area contributed by atoms with Crippen molar-refractivity contribution < 1.29 is 4.74 Å². The van der Waals surface area contributed by atoms with E-state index in [0.29, 0.717) is 0 Å². The standard InChI is InChI=1S/C17H23N3O/c1-5-19-17(14-10-16(21-4)12-18-11-14)13-6-8-15(9-7-13)20(2)3/h6-12,17,19H,5H2,1-4H3. The highest BCUT2D eigenvalue weighted by Gasteiger charge is 2.14. The summed E-state index contributed by atoms with van der Waals surface area (Å²) in [5.74, 6) is 0.778. The van der Waals surface area contributed by atoms with E-state index in [2.05, 4.69) is 46.4 Å². The summed E-state index contributed by atoms with van der Waals surface area (Å²) in [6.07, 6.45) is 3.61. The maximum atomic E-state index is 5.27. The molecule has 0 bridgehead atoms. The minimum Gasteiger partial charge on any atom is -0.495 e. The molecule has 0 aliphatic carbocycles. The van der Waals surface area contributed by atoms with Gasteiger partial charge >= 0.3 is 0 Å². The van der Waals surface area contributed by atoms with Crippen LogP contribution in [0.2, 0.25) is 0 Å². The van der Waals surface area contributed by atoms with Crippen molar-refractivity contribution in [2.24, 2.45) is 0 Å². The van der Waals surface area contributed by atoms with E-state index in [1.54, 1.807) is 13.3 Å². The first-order valence-corrected chi connectivity index (χ1v) is 7.15. The molecule has 0 aliphatic rings. The molecule has 0 saturated carbocycles. The molecule has 4 nitrogen and oxygen atoms in total. The highest BCUT2D eigenvalue weighted by Crippen LogP contribution is 2.25. The van der Waals surface area contributed by atoms with Gasteiger partial charge in [0, 0.05) is 26.0 Å². The summed E-state index contributed by atoms with van der Waals surface area (Å²) in [5, 5.41) is 3.51. The zero-order valence-electron chi connectivity index (χ0n) is 13.1. The van der Waals surface area contributed by atoms with Gasteiger partial charge in [-0.1, -0.05) is 19.1 Å². The van der Waals surface area contributed by atoms with Crippen LogP contribution in [0, 0.1) is 0 Å². The van der Waals surface area contributed by atoms with Gasteiger partial charge in [0.2, 0.25) is 0 Å². The number of methoxy groups -OCH3 is 1. The summed E-state index contributed by atoms with van der Waals surface area (Å²) < 4.78 is 5.27. The number of nitrogens with one attached hydrogen (secondary N) is 1. The Labute approximate surface area is 126 Å². The highest BCUT2D eigenvalue weighted by molar-refractivity contribution is 5.47. The summed E-state index contributed by atoms with van der Waals surface area (Å²) in [4.78, 5) is 6.35. The first kappa shape index (κ1) is 15.3. The molecule has 1 aromatic carbocycles. The number of hydrogen-bond acceptors (Lipinski definition) is 4. The van der Waals surface area contributed by atoms with Crippen LogP contribution < -0.4 is 15.0 Å². The highest BCUT2D eigenvalue weighted by atomic mass is 16.5. The van der Waals surface area contributed by atoms with Crippen molar-refractivity contribution in [2.45, 2.75) is 13.0 Å². The zero-order chi connectivity index (χ0) is 15.2. The van der Waals surface area contributed by atoms with Gasteiger partial charge in [-0.3, -0.25) is 4.98 Å². The third kappa shape index (κ3) is 3.73. The van der Waals surface area contributed by atoms with Crippen LogP contribution in [0.3, 0.4) is 0 Å². The lowest BCUT2D eigenvalue weighted by atomic mass is 9.99. The molecule has 1 unspecified atom stereocenters. The summed E-state index contributed by atoms with van der Waals surface area (Å²) in [7, 11) is 5.75. The van der Waals surface area contributed by atoms with Gasteiger partial charge in [0.1, 0.15) is 5.75 Å². The van der Waals surface area contributed by atoms with E-state index in [0.717, 1.165) is 17.9 Å². The molecule has 0 radical (unpaired) electrons. The minimum atomic E-state index is 0.119. The van der Waals surface area contributed by atoms with Crippen LogP contribution in [-0.2, 0) is 0 Å². The quantitative estimate of drug-likeness (QED) is 0.885. The van der Waals surface area contributed by atoms with E-state index in [1.807, 2.05) is 26.4 Å². The fraction of sp³-hybridized carbons (Fsp3) is 0.353. The number of hydrogen-bond donors (Lipinski definition) is 1. The molecule has 1 atom stereocenters. The Kier molecular flexibility index (Phi) is 5.17. The molecule has 0 fully saturated rings. The third-order valence-corrected chi connectivity index (χ3v) is 3.45. The van der Waals surface area contributed by atoms with Gasteiger partial charge in [0.15, 0.2) is 0 Å². The van der Waals surface area contributed by atoms with Crippen LogP contribution in [0.15, 0.2) is 42.7 Å².